The largest absolute Gasteiger partial charge is 0.507 e. The van der Waals surface area contributed by atoms with Crippen molar-refractivity contribution in [3.05, 3.63) is 132 Å². The quantitative estimate of drug-likeness (QED) is 0.249. The van der Waals surface area contributed by atoms with Gasteiger partial charge < -0.3 is 10.2 Å². The van der Waals surface area contributed by atoms with Crippen molar-refractivity contribution < 1.29 is 10.2 Å². The van der Waals surface area contributed by atoms with E-state index >= 15 is 0 Å². The van der Waals surface area contributed by atoms with Crippen LogP contribution >= 0.6 is 0 Å². The van der Waals surface area contributed by atoms with Crippen LogP contribution in [0.2, 0.25) is 0 Å². The molecule has 0 aromatic heterocycles. The zero-order valence-electron chi connectivity index (χ0n) is 19.5. The average molecular weight is 469 g/mol. The summed E-state index contributed by atoms with van der Waals surface area (Å²) in [5, 5.41) is 21.7. The Kier molecular flexibility index (Phi) is 6.68. The number of aliphatic imine (C=N–C) groups is 2. The number of phenolic OH excluding ortho intramolecular Hbond substituents is 2. The lowest BCUT2D eigenvalue weighted by molar-refractivity contribution is 0.476. The molecule has 0 aliphatic rings. The van der Waals surface area contributed by atoms with Crippen molar-refractivity contribution in [2.75, 3.05) is 0 Å². The van der Waals surface area contributed by atoms with Gasteiger partial charge in [0.15, 0.2) is 0 Å². The van der Waals surface area contributed by atoms with Crippen molar-refractivity contribution in [2.45, 2.75) is 0 Å². The Morgan fingerprint density at radius 2 is 0.806 bits per heavy atom. The molecule has 0 atom stereocenters. The highest BCUT2D eigenvalue weighted by Gasteiger charge is 2.09. The molecule has 0 saturated carbocycles. The fraction of sp³-hybridized carbons (Fsp3) is 0. The molecular weight excluding hydrogens is 444 g/mol. The minimum absolute atomic E-state index is 0.177. The summed E-state index contributed by atoms with van der Waals surface area (Å²) in [6.45, 7) is 0. The Balaban J connectivity index is 1.43. The molecule has 0 unspecified atom stereocenters. The van der Waals surface area contributed by atoms with E-state index < -0.39 is 0 Å². The Morgan fingerprint density at radius 1 is 0.417 bits per heavy atom. The lowest BCUT2D eigenvalue weighted by Crippen LogP contribution is -1.87. The Labute approximate surface area is 210 Å². The standard InChI is InChI=1S/C32H24N2O2/c35-31-25(15-9-17-27(31)23-11-3-1-4-12-23)21-33-29-19-7-8-20-30(29)34-22-26-16-10-18-28(32(26)36)24-13-5-2-6-14-24/h1-22,35-36H. The van der Waals surface area contributed by atoms with Crippen molar-refractivity contribution in [1.29, 1.82) is 0 Å². The summed E-state index contributed by atoms with van der Waals surface area (Å²) in [5.74, 6) is 0.354. The van der Waals surface area contributed by atoms with Crippen molar-refractivity contribution in [2.24, 2.45) is 9.98 Å². The predicted molar refractivity (Wildman–Crippen MR) is 148 cm³/mol. The van der Waals surface area contributed by atoms with Gasteiger partial charge in [-0.15, -0.1) is 0 Å². The fourth-order valence-electron chi connectivity index (χ4n) is 3.99. The Bertz CT molecular complexity index is 1420. The molecule has 0 bridgehead atoms. The van der Waals surface area contributed by atoms with Crippen LogP contribution in [0.5, 0.6) is 11.5 Å². The van der Waals surface area contributed by atoms with Gasteiger partial charge in [0.2, 0.25) is 0 Å². The summed E-state index contributed by atoms with van der Waals surface area (Å²) in [6, 6.07) is 38.2. The Morgan fingerprint density at radius 3 is 1.22 bits per heavy atom. The molecule has 4 heteroatoms. The maximum absolute atomic E-state index is 10.8. The van der Waals surface area contributed by atoms with E-state index in [9.17, 15) is 10.2 Å². The smallest absolute Gasteiger partial charge is 0.132 e. The summed E-state index contributed by atoms with van der Waals surface area (Å²) < 4.78 is 0. The van der Waals surface area contributed by atoms with Crippen LogP contribution in [0.25, 0.3) is 22.3 Å². The fourth-order valence-corrected chi connectivity index (χ4v) is 3.99. The van der Waals surface area contributed by atoms with E-state index in [1.807, 2.05) is 121 Å². The maximum Gasteiger partial charge on any atom is 0.132 e. The molecule has 4 nitrogen and oxygen atoms in total. The molecule has 0 aliphatic carbocycles. The number of para-hydroxylation sites is 4. The first-order valence-corrected chi connectivity index (χ1v) is 11.6. The predicted octanol–water partition coefficient (Wildman–Crippen LogP) is 7.93. The van der Waals surface area contributed by atoms with Crippen LogP contribution in [-0.2, 0) is 0 Å². The molecule has 5 aromatic carbocycles. The van der Waals surface area contributed by atoms with E-state index in [1.165, 1.54) is 0 Å². The number of nitrogens with zero attached hydrogens (tertiary/aromatic N) is 2. The van der Waals surface area contributed by atoms with E-state index in [-0.39, 0.29) is 11.5 Å². The Hall–Kier alpha value is -4.96. The summed E-state index contributed by atoms with van der Waals surface area (Å²) in [7, 11) is 0. The monoisotopic (exact) mass is 468 g/mol. The van der Waals surface area contributed by atoms with Gasteiger partial charge in [-0.05, 0) is 35.4 Å². The van der Waals surface area contributed by atoms with Crippen LogP contribution in [0.4, 0.5) is 11.4 Å². The lowest BCUT2D eigenvalue weighted by Gasteiger charge is -2.08. The zero-order chi connectivity index (χ0) is 24.7. The highest BCUT2D eigenvalue weighted by atomic mass is 16.3. The van der Waals surface area contributed by atoms with Gasteiger partial charge in [0.05, 0.1) is 11.4 Å². The second-order valence-electron chi connectivity index (χ2n) is 8.22. The summed E-state index contributed by atoms with van der Waals surface area (Å²) in [4.78, 5) is 9.22. The molecule has 0 fully saturated rings. The van der Waals surface area contributed by atoms with E-state index in [2.05, 4.69) is 9.98 Å². The molecule has 0 amide bonds. The molecule has 0 heterocycles. The van der Waals surface area contributed by atoms with Gasteiger partial charge in [-0.2, -0.15) is 0 Å². The maximum atomic E-state index is 10.8. The van der Waals surface area contributed by atoms with Gasteiger partial charge in [-0.3, -0.25) is 9.98 Å². The van der Waals surface area contributed by atoms with E-state index in [0.29, 0.717) is 22.5 Å². The number of aromatic hydroxyl groups is 2. The molecule has 0 saturated heterocycles. The zero-order valence-corrected chi connectivity index (χ0v) is 19.5. The van der Waals surface area contributed by atoms with Gasteiger partial charge in [-0.25, -0.2) is 0 Å². The minimum Gasteiger partial charge on any atom is -0.507 e. The highest BCUT2D eigenvalue weighted by molar-refractivity contribution is 5.93. The van der Waals surface area contributed by atoms with Crippen LogP contribution in [0.1, 0.15) is 11.1 Å². The van der Waals surface area contributed by atoms with Crippen LogP contribution < -0.4 is 0 Å². The summed E-state index contributed by atoms with van der Waals surface area (Å²) >= 11 is 0. The average Bonchev–Trinajstić information content (AvgIpc) is 2.93. The molecule has 5 aromatic rings. The third-order valence-electron chi connectivity index (χ3n) is 5.87. The number of benzene rings is 5. The molecule has 36 heavy (non-hydrogen) atoms. The van der Waals surface area contributed by atoms with Crippen molar-refractivity contribution in [1.82, 2.24) is 0 Å². The molecule has 174 valence electrons. The topological polar surface area (TPSA) is 65.2 Å². The van der Waals surface area contributed by atoms with E-state index in [0.717, 1.165) is 22.3 Å². The van der Waals surface area contributed by atoms with E-state index in [4.69, 9.17) is 0 Å². The van der Waals surface area contributed by atoms with Gasteiger partial charge >= 0.3 is 0 Å². The molecule has 0 radical (unpaired) electrons. The molecular formula is C32H24N2O2. The third kappa shape index (κ3) is 4.93. The van der Waals surface area contributed by atoms with Gasteiger partial charge in [-0.1, -0.05) is 97.1 Å². The second-order valence-corrected chi connectivity index (χ2v) is 8.22. The first-order valence-electron chi connectivity index (χ1n) is 11.6. The lowest BCUT2D eigenvalue weighted by atomic mass is 10.0. The van der Waals surface area contributed by atoms with Crippen molar-refractivity contribution >= 4 is 23.8 Å². The minimum atomic E-state index is 0.177. The number of hydrogen-bond donors (Lipinski definition) is 2. The first-order chi connectivity index (χ1) is 17.7. The molecule has 0 aliphatic heterocycles. The van der Waals surface area contributed by atoms with Crippen LogP contribution in [-0.4, -0.2) is 22.6 Å². The first kappa shape index (κ1) is 22.8. The number of rotatable bonds is 6. The van der Waals surface area contributed by atoms with Crippen LogP contribution in [0.15, 0.2) is 131 Å². The molecule has 5 rings (SSSR count). The SMILES string of the molecule is Oc1c(C=Nc2ccccc2N=Cc2cccc(-c3ccccc3)c2O)cccc1-c1ccccc1. The van der Waals surface area contributed by atoms with Crippen molar-refractivity contribution in [3.63, 3.8) is 0 Å². The molecule has 2 N–H and O–H groups in total. The normalized spacial score (nSPS) is 11.3. The summed E-state index contributed by atoms with van der Waals surface area (Å²) in [5.41, 5.74) is 5.90. The van der Waals surface area contributed by atoms with Crippen LogP contribution in [0, 0.1) is 0 Å². The van der Waals surface area contributed by atoms with Gasteiger partial charge in [0.25, 0.3) is 0 Å². The second kappa shape index (κ2) is 10.5. The number of hydrogen-bond acceptors (Lipinski definition) is 4. The number of phenols is 2. The van der Waals surface area contributed by atoms with Gasteiger partial charge in [0, 0.05) is 34.7 Å². The van der Waals surface area contributed by atoms with Crippen molar-refractivity contribution in [3.8, 4) is 33.8 Å². The summed E-state index contributed by atoms with van der Waals surface area (Å²) in [6.07, 6.45) is 3.28. The van der Waals surface area contributed by atoms with Crippen LogP contribution in [0.3, 0.4) is 0 Å². The molecule has 0 spiro atoms. The van der Waals surface area contributed by atoms with Gasteiger partial charge in [0.1, 0.15) is 11.5 Å². The van der Waals surface area contributed by atoms with E-state index in [1.54, 1.807) is 12.4 Å². The third-order valence-corrected chi connectivity index (χ3v) is 5.87. The highest BCUT2D eigenvalue weighted by Crippen LogP contribution is 2.34.